The minimum Gasteiger partial charge on any atom is -0.296 e. The fraction of sp³-hybridized carbons (Fsp3) is 0. The highest BCUT2D eigenvalue weighted by molar-refractivity contribution is 7.97. The van der Waals surface area contributed by atoms with Gasteiger partial charge >= 0.3 is 0 Å². The fourth-order valence-electron chi connectivity index (χ4n) is 1.80. The molecule has 3 aromatic heterocycles. The molecule has 3 aromatic rings. The number of aromatic nitrogens is 4. The van der Waals surface area contributed by atoms with Crippen LogP contribution in [0.4, 0.5) is 0 Å². The van der Waals surface area contributed by atoms with Crippen LogP contribution in [0.3, 0.4) is 0 Å². The zero-order valence-corrected chi connectivity index (χ0v) is 10.5. The Bertz CT molecular complexity index is 755. The predicted molar refractivity (Wildman–Crippen MR) is 71.6 cm³/mol. The van der Waals surface area contributed by atoms with Gasteiger partial charge < -0.3 is 0 Å². The summed E-state index contributed by atoms with van der Waals surface area (Å²) in [4.78, 5) is 24.0. The molecule has 0 unspecified atom stereocenters. The number of carbonyl (C=O) groups excluding carboxylic acids is 1. The summed E-state index contributed by atoms with van der Waals surface area (Å²) in [5.74, 6) is 0. The van der Waals surface area contributed by atoms with Crippen LogP contribution in [0.15, 0.2) is 41.9 Å². The van der Waals surface area contributed by atoms with Crippen molar-refractivity contribution in [3.05, 3.63) is 42.7 Å². The Morgan fingerprint density at radius 1 is 1.21 bits per heavy atom. The Hall–Kier alpha value is -2.25. The van der Waals surface area contributed by atoms with Crippen molar-refractivity contribution in [1.29, 1.82) is 0 Å². The first-order valence-electron chi connectivity index (χ1n) is 5.42. The number of carbonyl (C=O) groups is 1. The first-order chi connectivity index (χ1) is 9.31. The van der Waals surface area contributed by atoms with Gasteiger partial charge in [0.1, 0.15) is 5.69 Å². The molecule has 0 bridgehead atoms. The molecule has 0 aromatic carbocycles. The molecule has 7 heteroatoms. The van der Waals surface area contributed by atoms with Crippen molar-refractivity contribution in [3.63, 3.8) is 0 Å². The maximum absolute atomic E-state index is 10.8. The van der Waals surface area contributed by atoms with Gasteiger partial charge in [-0.05, 0) is 18.0 Å². The molecule has 3 heterocycles. The van der Waals surface area contributed by atoms with E-state index in [1.165, 1.54) is 0 Å². The third kappa shape index (κ3) is 2.09. The van der Waals surface area contributed by atoms with Gasteiger partial charge in [-0.15, -0.1) is 0 Å². The molecule has 0 atom stereocenters. The molecule has 0 radical (unpaired) electrons. The first-order valence-corrected chi connectivity index (χ1v) is 6.30. The van der Waals surface area contributed by atoms with Gasteiger partial charge in [0.2, 0.25) is 0 Å². The van der Waals surface area contributed by atoms with Crippen LogP contribution in [0.2, 0.25) is 0 Å². The third-order valence-electron chi connectivity index (χ3n) is 2.68. The van der Waals surface area contributed by atoms with Crippen molar-refractivity contribution < 1.29 is 4.79 Å². The Balaban J connectivity index is 2.20. The van der Waals surface area contributed by atoms with Gasteiger partial charge in [0.15, 0.2) is 11.9 Å². The van der Waals surface area contributed by atoms with E-state index in [0.29, 0.717) is 17.6 Å². The highest BCUT2D eigenvalue weighted by Gasteiger charge is 2.08. The van der Waals surface area contributed by atoms with Crippen molar-refractivity contribution in [3.8, 4) is 11.3 Å². The fourth-order valence-corrected chi connectivity index (χ4v) is 2.12. The number of hydrogen-bond acceptors (Lipinski definition) is 6. The number of pyridine rings is 1. The van der Waals surface area contributed by atoms with Gasteiger partial charge in [-0.25, -0.2) is 9.97 Å². The maximum Gasteiger partial charge on any atom is 0.169 e. The predicted octanol–water partition coefficient (Wildman–Crippen LogP) is 1.57. The zero-order chi connectivity index (χ0) is 13.2. The largest absolute Gasteiger partial charge is 0.296 e. The Labute approximate surface area is 112 Å². The molecule has 0 aliphatic heterocycles. The van der Waals surface area contributed by atoms with Crippen LogP contribution >= 0.6 is 11.9 Å². The molecule has 6 nitrogen and oxygen atoms in total. The van der Waals surface area contributed by atoms with E-state index in [9.17, 15) is 4.79 Å². The normalized spacial score (nSPS) is 10.8. The average Bonchev–Trinajstić information content (AvgIpc) is 2.90. The number of imidazole rings is 1. The van der Waals surface area contributed by atoms with Crippen LogP contribution < -0.4 is 5.14 Å². The SMILES string of the molecule is NSc1cncc(-c2cnc3cnc(C=O)cn23)c1. The number of rotatable bonds is 3. The molecule has 0 saturated carbocycles. The molecular formula is C12H9N5OS. The standard InChI is InChI=1S/C12H9N5OS/c13-19-10-1-8(2-14-3-10)11-4-16-12-5-15-9(7-18)6-17(11)12/h1-7H,13H2. The molecule has 0 fully saturated rings. The van der Waals surface area contributed by atoms with Crippen LogP contribution in [0, 0.1) is 0 Å². The lowest BCUT2D eigenvalue weighted by atomic mass is 10.2. The summed E-state index contributed by atoms with van der Waals surface area (Å²) in [6, 6.07) is 1.92. The molecule has 0 aliphatic carbocycles. The Kier molecular flexibility index (Phi) is 2.98. The topological polar surface area (TPSA) is 86.2 Å². The third-order valence-corrected chi connectivity index (χ3v) is 3.18. The molecule has 2 N–H and O–H groups in total. The minimum absolute atomic E-state index is 0.351. The number of nitrogens with zero attached hydrogens (tertiary/aromatic N) is 4. The number of nitrogens with two attached hydrogens (primary N) is 1. The molecule has 0 saturated heterocycles. The van der Waals surface area contributed by atoms with Crippen LogP contribution in [-0.2, 0) is 0 Å². The van der Waals surface area contributed by atoms with Gasteiger partial charge in [-0.2, -0.15) is 0 Å². The van der Waals surface area contributed by atoms with Gasteiger partial charge in [0.25, 0.3) is 0 Å². The summed E-state index contributed by atoms with van der Waals surface area (Å²) in [7, 11) is 0. The van der Waals surface area contributed by atoms with Gasteiger partial charge in [-0.1, -0.05) is 0 Å². The summed E-state index contributed by atoms with van der Waals surface area (Å²) < 4.78 is 1.80. The van der Waals surface area contributed by atoms with E-state index in [-0.39, 0.29) is 0 Å². The summed E-state index contributed by atoms with van der Waals surface area (Å²) in [5.41, 5.74) is 2.74. The summed E-state index contributed by atoms with van der Waals surface area (Å²) in [5, 5.41) is 5.53. The van der Waals surface area contributed by atoms with Crippen LogP contribution in [0.1, 0.15) is 10.5 Å². The zero-order valence-electron chi connectivity index (χ0n) is 9.72. The van der Waals surface area contributed by atoms with Gasteiger partial charge in [0, 0.05) is 29.0 Å². The second kappa shape index (κ2) is 4.79. The molecular weight excluding hydrogens is 262 g/mol. The monoisotopic (exact) mass is 271 g/mol. The molecule has 3 rings (SSSR count). The lowest BCUT2D eigenvalue weighted by molar-refractivity contribution is 0.111. The van der Waals surface area contributed by atoms with Gasteiger partial charge in [0.05, 0.1) is 18.1 Å². The Morgan fingerprint density at radius 3 is 2.89 bits per heavy atom. The molecule has 0 aliphatic rings. The van der Waals surface area contributed by atoms with E-state index in [2.05, 4.69) is 15.0 Å². The summed E-state index contributed by atoms with van der Waals surface area (Å²) >= 11 is 1.13. The summed E-state index contributed by atoms with van der Waals surface area (Å²) in [6.07, 6.45) is 9.04. The Morgan fingerprint density at radius 2 is 2.11 bits per heavy atom. The van der Waals surface area contributed by atoms with E-state index in [1.807, 2.05) is 6.07 Å². The van der Waals surface area contributed by atoms with Crippen LogP contribution in [-0.4, -0.2) is 25.6 Å². The maximum atomic E-state index is 10.8. The second-order valence-electron chi connectivity index (χ2n) is 3.83. The molecule has 94 valence electrons. The van der Waals surface area contributed by atoms with E-state index in [4.69, 9.17) is 5.14 Å². The molecule has 0 amide bonds. The van der Waals surface area contributed by atoms with Crippen molar-refractivity contribution in [2.24, 2.45) is 5.14 Å². The van der Waals surface area contributed by atoms with E-state index < -0.39 is 0 Å². The molecule has 19 heavy (non-hydrogen) atoms. The average molecular weight is 271 g/mol. The van der Waals surface area contributed by atoms with Crippen molar-refractivity contribution in [2.75, 3.05) is 0 Å². The van der Waals surface area contributed by atoms with Crippen LogP contribution in [0.5, 0.6) is 0 Å². The first kappa shape index (κ1) is 11.8. The lowest BCUT2D eigenvalue weighted by Crippen LogP contribution is -1.95. The van der Waals surface area contributed by atoms with Crippen molar-refractivity contribution in [1.82, 2.24) is 19.4 Å². The van der Waals surface area contributed by atoms with E-state index >= 15 is 0 Å². The van der Waals surface area contributed by atoms with Crippen molar-refractivity contribution >= 4 is 23.9 Å². The molecule has 0 spiro atoms. The highest BCUT2D eigenvalue weighted by atomic mass is 32.2. The minimum atomic E-state index is 0.351. The van der Waals surface area contributed by atoms with E-state index in [1.54, 1.807) is 35.4 Å². The van der Waals surface area contributed by atoms with Gasteiger partial charge in [-0.3, -0.25) is 19.3 Å². The quantitative estimate of drug-likeness (QED) is 0.575. The van der Waals surface area contributed by atoms with Crippen molar-refractivity contribution in [2.45, 2.75) is 4.90 Å². The smallest absolute Gasteiger partial charge is 0.169 e. The highest BCUT2D eigenvalue weighted by Crippen LogP contribution is 2.23. The number of hydrogen-bond donors (Lipinski definition) is 1. The summed E-state index contributed by atoms with van der Waals surface area (Å²) in [6.45, 7) is 0. The lowest BCUT2D eigenvalue weighted by Gasteiger charge is -2.03. The number of fused-ring (bicyclic) bond motifs is 1. The van der Waals surface area contributed by atoms with E-state index in [0.717, 1.165) is 28.1 Å². The second-order valence-corrected chi connectivity index (χ2v) is 4.54. The number of aldehydes is 1. The van der Waals surface area contributed by atoms with Crippen LogP contribution in [0.25, 0.3) is 16.9 Å².